The van der Waals surface area contributed by atoms with Gasteiger partial charge in [-0.05, 0) is 43.7 Å². The number of nitrogens with zero attached hydrogens (tertiary/aromatic N) is 4. The topological polar surface area (TPSA) is 75.9 Å². The first kappa shape index (κ1) is 21.7. The molecule has 0 spiro atoms. The highest BCUT2D eigenvalue weighted by Gasteiger charge is 2.32. The second-order valence-corrected chi connectivity index (χ2v) is 10.8. The maximum Gasteiger partial charge on any atom is 0.417 e. The van der Waals surface area contributed by atoms with Crippen molar-refractivity contribution >= 4 is 50.6 Å². The van der Waals surface area contributed by atoms with Crippen molar-refractivity contribution in [2.75, 3.05) is 0 Å². The van der Waals surface area contributed by atoms with Crippen molar-refractivity contribution in [3.05, 3.63) is 49.5 Å². The van der Waals surface area contributed by atoms with E-state index in [9.17, 15) is 18.0 Å². The van der Waals surface area contributed by atoms with Crippen LogP contribution in [0.3, 0.4) is 0 Å². The van der Waals surface area contributed by atoms with Crippen LogP contribution in [-0.4, -0.2) is 24.6 Å². The van der Waals surface area contributed by atoms with Crippen molar-refractivity contribution in [2.45, 2.75) is 49.7 Å². The summed E-state index contributed by atoms with van der Waals surface area (Å²) in [5.74, 6) is 1.02. The van der Waals surface area contributed by atoms with Gasteiger partial charge in [0.25, 0.3) is 5.56 Å². The minimum absolute atomic E-state index is 0.131. The van der Waals surface area contributed by atoms with Gasteiger partial charge in [-0.1, -0.05) is 30.3 Å². The Hall–Kier alpha value is -2.11. The zero-order valence-electron chi connectivity index (χ0n) is 17.0. The normalized spacial score (nSPS) is 17.8. The number of aromatic amines is 1. The summed E-state index contributed by atoms with van der Waals surface area (Å²) in [7, 11) is 0. The van der Waals surface area contributed by atoms with E-state index in [1.54, 1.807) is 18.3 Å². The molecule has 2 unspecified atom stereocenters. The number of pyridine rings is 1. The molecule has 5 rings (SSSR count). The summed E-state index contributed by atoms with van der Waals surface area (Å²) in [5.41, 5.74) is 0.154. The highest BCUT2D eigenvalue weighted by atomic mass is 35.5. The molecule has 1 aliphatic rings. The Labute approximate surface area is 193 Å². The summed E-state index contributed by atoms with van der Waals surface area (Å²) in [4.78, 5) is 22.3. The fraction of sp³-hybridized carbons (Fsp3) is 0.400. The lowest BCUT2D eigenvalue weighted by molar-refractivity contribution is -0.137. The first-order valence-electron chi connectivity index (χ1n) is 9.94. The molecular weight excluding hydrogens is 483 g/mol. The summed E-state index contributed by atoms with van der Waals surface area (Å²) in [6.45, 7) is 4.01. The Balaban J connectivity index is 1.51. The first-order chi connectivity index (χ1) is 15.1. The molecule has 6 nitrogen and oxygen atoms in total. The SMILES string of the molecule is CC1CCc2c(sc3nc(C(C)Sc4nnc5c(Cl)cc(C(F)(F)F)cn45)[nH]c(=O)c23)C1. The molecule has 0 aliphatic heterocycles. The minimum Gasteiger partial charge on any atom is -0.309 e. The number of aromatic nitrogens is 5. The Kier molecular flexibility index (Phi) is 5.25. The van der Waals surface area contributed by atoms with Crippen LogP contribution in [0, 0.1) is 5.92 Å². The predicted octanol–water partition coefficient (Wildman–Crippen LogP) is 5.68. The third-order valence-corrected chi connectivity index (χ3v) is 8.10. The van der Waals surface area contributed by atoms with Crippen molar-refractivity contribution in [1.29, 1.82) is 0 Å². The lowest BCUT2D eigenvalue weighted by Gasteiger charge is -2.17. The zero-order chi connectivity index (χ0) is 22.8. The summed E-state index contributed by atoms with van der Waals surface area (Å²) >= 11 is 8.69. The maximum absolute atomic E-state index is 13.2. The Bertz CT molecular complexity index is 1410. The molecule has 0 bridgehead atoms. The van der Waals surface area contributed by atoms with Gasteiger partial charge >= 0.3 is 6.18 Å². The van der Waals surface area contributed by atoms with Crippen LogP contribution in [0.25, 0.3) is 15.9 Å². The van der Waals surface area contributed by atoms with Crippen molar-refractivity contribution in [1.82, 2.24) is 24.6 Å². The molecule has 0 fully saturated rings. The average molecular weight is 500 g/mol. The molecular formula is C20H17ClF3N5OS2. The molecule has 0 radical (unpaired) electrons. The summed E-state index contributed by atoms with van der Waals surface area (Å²) in [6.07, 6.45) is -0.759. The third kappa shape index (κ3) is 3.69. The van der Waals surface area contributed by atoms with E-state index in [1.165, 1.54) is 9.28 Å². The monoisotopic (exact) mass is 499 g/mol. The zero-order valence-corrected chi connectivity index (χ0v) is 19.3. The largest absolute Gasteiger partial charge is 0.417 e. The number of aryl methyl sites for hydroxylation is 1. The van der Waals surface area contributed by atoms with E-state index in [-0.39, 0.29) is 26.6 Å². The van der Waals surface area contributed by atoms with E-state index in [4.69, 9.17) is 11.6 Å². The standard InChI is InChI=1S/C20H17ClF3N5OS2/c1-8-3-4-11-13(5-8)32-18-14(11)17(30)25-15(26-18)9(2)31-19-28-27-16-12(21)6-10(7-29(16)19)20(22,23)24/h6-9H,3-5H2,1-2H3,(H,25,26,30). The molecule has 0 aromatic carbocycles. The molecule has 4 aromatic heterocycles. The van der Waals surface area contributed by atoms with Gasteiger partial charge in [0.2, 0.25) is 0 Å². The Morgan fingerprint density at radius 2 is 2.16 bits per heavy atom. The number of hydrogen-bond acceptors (Lipinski definition) is 6. The van der Waals surface area contributed by atoms with Crippen molar-refractivity contribution < 1.29 is 13.2 Å². The van der Waals surface area contributed by atoms with Crippen LogP contribution < -0.4 is 5.56 Å². The lowest BCUT2D eigenvalue weighted by atomic mass is 9.89. The molecule has 0 amide bonds. The fourth-order valence-electron chi connectivity index (χ4n) is 3.94. The number of fused-ring (bicyclic) bond motifs is 4. The molecule has 0 saturated carbocycles. The molecule has 4 heterocycles. The number of thiophene rings is 1. The van der Waals surface area contributed by atoms with Gasteiger partial charge in [-0.25, -0.2) is 4.98 Å². The van der Waals surface area contributed by atoms with Gasteiger partial charge in [0.05, 0.1) is 21.2 Å². The summed E-state index contributed by atoms with van der Waals surface area (Å²) < 4.78 is 40.8. The van der Waals surface area contributed by atoms with E-state index >= 15 is 0 Å². The Morgan fingerprint density at radius 1 is 1.38 bits per heavy atom. The van der Waals surface area contributed by atoms with Gasteiger partial charge in [0.15, 0.2) is 10.8 Å². The molecule has 1 N–H and O–H groups in total. The quantitative estimate of drug-likeness (QED) is 0.367. The van der Waals surface area contributed by atoms with Crippen LogP contribution >= 0.6 is 34.7 Å². The second-order valence-electron chi connectivity index (χ2n) is 7.99. The van der Waals surface area contributed by atoms with Gasteiger partial charge in [0, 0.05) is 11.1 Å². The molecule has 4 aromatic rings. The molecule has 32 heavy (non-hydrogen) atoms. The molecule has 12 heteroatoms. The molecule has 168 valence electrons. The number of halogens is 4. The van der Waals surface area contributed by atoms with E-state index in [1.807, 2.05) is 0 Å². The lowest BCUT2D eigenvalue weighted by Crippen LogP contribution is -2.15. The predicted molar refractivity (Wildman–Crippen MR) is 119 cm³/mol. The average Bonchev–Trinajstić information content (AvgIpc) is 3.28. The maximum atomic E-state index is 13.2. The number of nitrogens with one attached hydrogen (secondary N) is 1. The second kappa shape index (κ2) is 7.74. The summed E-state index contributed by atoms with van der Waals surface area (Å²) in [6, 6.07) is 0.829. The van der Waals surface area contributed by atoms with E-state index in [2.05, 4.69) is 27.1 Å². The minimum atomic E-state index is -4.55. The van der Waals surface area contributed by atoms with Gasteiger partial charge in [-0.3, -0.25) is 9.20 Å². The number of hydrogen-bond donors (Lipinski definition) is 1. The van der Waals surface area contributed by atoms with Crippen LogP contribution in [-0.2, 0) is 19.0 Å². The van der Waals surface area contributed by atoms with Gasteiger partial charge in [-0.2, -0.15) is 13.2 Å². The fourth-order valence-corrected chi connectivity index (χ4v) is 6.46. The van der Waals surface area contributed by atoms with E-state index < -0.39 is 11.7 Å². The number of H-pyrrole nitrogens is 1. The summed E-state index contributed by atoms with van der Waals surface area (Å²) in [5, 5.41) is 8.27. The van der Waals surface area contributed by atoms with Gasteiger partial charge in [0.1, 0.15) is 10.7 Å². The van der Waals surface area contributed by atoms with Crippen LogP contribution in [0.4, 0.5) is 13.2 Å². The first-order valence-corrected chi connectivity index (χ1v) is 12.0. The molecule has 2 atom stereocenters. The third-order valence-electron chi connectivity index (χ3n) is 5.61. The number of rotatable bonds is 3. The highest BCUT2D eigenvalue weighted by Crippen LogP contribution is 2.39. The Morgan fingerprint density at radius 3 is 2.91 bits per heavy atom. The van der Waals surface area contributed by atoms with E-state index in [0.717, 1.165) is 48.9 Å². The number of alkyl halides is 3. The van der Waals surface area contributed by atoms with Crippen LogP contribution in [0.15, 0.2) is 22.2 Å². The van der Waals surface area contributed by atoms with Crippen molar-refractivity contribution in [3.63, 3.8) is 0 Å². The van der Waals surface area contributed by atoms with Gasteiger partial charge in [-0.15, -0.1) is 21.5 Å². The molecule has 1 aliphatic carbocycles. The van der Waals surface area contributed by atoms with Gasteiger partial charge < -0.3 is 4.98 Å². The van der Waals surface area contributed by atoms with Crippen LogP contribution in [0.2, 0.25) is 5.02 Å². The van der Waals surface area contributed by atoms with Crippen molar-refractivity contribution in [3.8, 4) is 0 Å². The smallest absolute Gasteiger partial charge is 0.309 e. The van der Waals surface area contributed by atoms with Crippen LogP contribution in [0.5, 0.6) is 0 Å². The highest BCUT2D eigenvalue weighted by molar-refractivity contribution is 7.99. The molecule has 0 saturated heterocycles. The van der Waals surface area contributed by atoms with Crippen molar-refractivity contribution in [2.24, 2.45) is 5.92 Å². The van der Waals surface area contributed by atoms with Crippen LogP contribution in [0.1, 0.15) is 47.3 Å². The number of thioether (sulfide) groups is 1. The van der Waals surface area contributed by atoms with E-state index in [0.29, 0.717) is 22.0 Å².